The Hall–Kier alpha value is -1.30. The molecule has 6 nitrogen and oxygen atoms in total. The summed E-state index contributed by atoms with van der Waals surface area (Å²) in [7, 11) is 0. The average Bonchev–Trinajstić information content (AvgIpc) is 2.93. The normalized spacial score (nSPS) is 26.8. The van der Waals surface area contributed by atoms with Crippen LogP contribution in [0, 0.1) is 0 Å². The molecule has 2 atom stereocenters. The molecule has 0 bridgehead atoms. The second-order valence-corrected chi connectivity index (χ2v) is 5.89. The number of hydrogen-bond acceptors (Lipinski definition) is 3. The van der Waals surface area contributed by atoms with E-state index in [4.69, 9.17) is 4.74 Å². The molecule has 1 aliphatic carbocycles. The van der Waals surface area contributed by atoms with Crippen LogP contribution in [0.4, 0.5) is 4.79 Å². The SMILES string of the molecule is CC(NC(=O)NC1(C(=O)O)CCCCC1)C1CCCO1. The van der Waals surface area contributed by atoms with Gasteiger partial charge in [-0.25, -0.2) is 9.59 Å². The predicted molar refractivity (Wildman–Crippen MR) is 73.6 cm³/mol. The van der Waals surface area contributed by atoms with Crippen molar-refractivity contribution in [1.82, 2.24) is 10.6 Å². The highest BCUT2D eigenvalue weighted by molar-refractivity contribution is 5.86. The summed E-state index contributed by atoms with van der Waals surface area (Å²) < 4.78 is 5.52. The van der Waals surface area contributed by atoms with E-state index in [2.05, 4.69) is 10.6 Å². The number of ether oxygens (including phenoxy) is 1. The molecule has 3 N–H and O–H groups in total. The van der Waals surface area contributed by atoms with Crippen molar-refractivity contribution >= 4 is 12.0 Å². The molecule has 2 aliphatic rings. The van der Waals surface area contributed by atoms with Gasteiger partial charge in [0.1, 0.15) is 5.54 Å². The first-order chi connectivity index (χ1) is 9.53. The highest BCUT2D eigenvalue weighted by Crippen LogP contribution is 2.28. The van der Waals surface area contributed by atoms with Gasteiger partial charge in [-0.1, -0.05) is 19.3 Å². The Kier molecular flexibility index (Phi) is 4.86. The molecule has 0 aromatic heterocycles. The Balaban J connectivity index is 1.89. The molecular weight excluding hydrogens is 260 g/mol. The lowest BCUT2D eigenvalue weighted by atomic mass is 9.82. The van der Waals surface area contributed by atoms with E-state index in [1.807, 2.05) is 6.92 Å². The molecule has 1 heterocycles. The Bertz CT molecular complexity index is 360. The number of carbonyl (C=O) groups excluding carboxylic acids is 1. The van der Waals surface area contributed by atoms with Gasteiger partial charge in [0.25, 0.3) is 0 Å². The van der Waals surface area contributed by atoms with E-state index in [0.29, 0.717) is 12.8 Å². The summed E-state index contributed by atoms with van der Waals surface area (Å²) in [6, 6.07) is -0.510. The lowest BCUT2D eigenvalue weighted by molar-refractivity contribution is -0.145. The van der Waals surface area contributed by atoms with Crippen LogP contribution in [0.15, 0.2) is 0 Å². The molecule has 2 rings (SSSR count). The van der Waals surface area contributed by atoms with E-state index in [0.717, 1.165) is 38.7 Å². The third-order valence-corrected chi connectivity index (χ3v) is 4.35. The van der Waals surface area contributed by atoms with E-state index < -0.39 is 17.5 Å². The summed E-state index contributed by atoms with van der Waals surface area (Å²) in [5, 5.41) is 14.9. The van der Waals surface area contributed by atoms with Crippen LogP contribution in [0.1, 0.15) is 51.9 Å². The molecule has 1 aliphatic heterocycles. The highest BCUT2D eigenvalue weighted by atomic mass is 16.5. The lowest BCUT2D eigenvalue weighted by Crippen LogP contribution is -2.59. The maximum Gasteiger partial charge on any atom is 0.329 e. The largest absolute Gasteiger partial charge is 0.480 e. The number of urea groups is 1. The molecule has 1 saturated carbocycles. The minimum Gasteiger partial charge on any atom is -0.480 e. The summed E-state index contributed by atoms with van der Waals surface area (Å²) in [6.07, 6.45) is 5.71. The van der Waals surface area contributed by atoms with Crippen molar-refractivity contribution in [1.29, 1.82) is 0 Å². The van der Waals surface area contributed by atoms with Crippen LogP contribution >= 0.6 is 0 Å². The van der Waals surface area contributed by atoms with Gasteiger partial charge in [0.05, 0.1) is 12.1 Å². The second-order valence-electron chi connectivity index (χ2n) is 5.89. The van der Waals surface area contributed by atoms with Gasteiger partial charge in [0, 0.05) is 6.61 Å². The second kappa shape index (κ2) is 6.43. The fourth-order valence-electron chi connectivity index (χ4n) is 3.10. The van der Waals surface area contributed by atoms with Gasteiger partial charge < -0.3 is 20.5 Å². The van der Waals surface area contributed by atoms with E-state index in [1.54, 1.807) is 0 Å². The van der Waals surface area contributed by atoms with Gasteiger partial charge in [-0.2, -0.15) is 0 Å². The molecule has 1 saturated heterocycles. The minimum absolute atomic E-state index is 0.0351. The van der Waals surface area contributed by atoms with Gasteiger partial charge in [0.2, 0.25) is 0 Å². The van der Waals surface area contributed by atoms with Crippen LogP contribution in [0.3, 0.4) is 0 Å². The molecule has 2 fully saturated rings. The number of carboxylic acid groups (broad SMARTS) is 1. The fraction of sp³-hybridized carbons (Fsp3) is 0.857. The zero-order valence-corrected chi connectivity index (χ0v) is 12.0. The Morgan fingerprint density at radius 1 is 1.25 bits per heavy atom. The van der Waals surface area contributed by atoms with E-state index in [9.17, 15) is 14.7 Å². The standard InChI is InChI=1S/C14H24N2O4/c1-10(11-6-5-9-20-11)15-13(19)16-14(12(17)18)7-3-2-4-8-14/h10-11H,2-9H2,1H3,(H,17,18)(H2,15,16,19). The number of hydrogen-bond donors (Lipinski definition) is 3. The lowest BCUT2D eigenvalue weighted by Gasteiger charge is -2.34. The predicted octanol–water partition coefficient (Wildman–Crippen LogP) is 1.64. The van der Waals surface area contributed by atoms with Crippen molar-refractivity contribution in [3.8, 4) is 0 Å². The van der Waals surface area contributed by atoms with E-state index in [-0.39, 0.29) is 12.1 Å². The van der Waals surface area contributed by atoms with Crippen molar-refractivity contribution in [2.45, 2.75) is 69.6 Å². The number of nitrogens with one attached hydrogen (secondary N) is 2. The number of rotatable bonds is 4. The monoisotopic (exact) mass is 284 g/mol. The van der Waals surface area contributed by atoms with Crippen LogP contribution in [-0.2, 0) is 9.53 Å². The van der Waals surface area contributed by atoms with Gasteiger partial charge in [-0.3, -0.25) is 0 Å². The quantitative estimate of drug-likeness (QED) is 0.732. The maximum absolute atomic E-state index is 12.0. The summed E-state index contributed by atoms with van der Waals surface area (Å²) in [5.74, 6) is -0.933. The van der Waals surface area contributed by atoms with E-state index in [1.165, 1.54) is 0 Å². The highest BCUT2D eigenvalue weighted by Gasteiger charge is 2.41. The van der Waals surface area contributed by atoms with Crippen molar-refractivity contribution in [2.24, 2.45) is 0 Å². The Morgan fingerprint density at radius 2 is 1.95 bits per heavy atom. The molecule has 114 valence electrons. The minimum atomic E-state index is -1.10. The first-order valence-electron chi connectivity index (χ1n) is 7.47. The summed E-state index contributed by atoms with van der Waals surface area (Å²) in [4.78, 5) is 23.5. The van der Waals surface area contributed by atoms with E-state index >= 15 is 0 Å². The average molecular weight is 284 g/mol. The summed E-state index contributed by atoms with van der Waals surface area (Å²) in [6.45, 7) is 2.63. The van der Waals surface area contributed by atoms with Gasteiger partial charge in [-0.05, 0) is 32.6 Å². The molecule has 0 spiro atoms. The zero-order valence-electron chi connectivity index (χ0n) is 12.0. The third-order valence-electron chi connectivity index (χ3n) is 4.35. The van der Waals surface area contributed by atoms with Gasteiger partial charge in [0.15, 0.2) is 0 Å². The topological polar surface area (TPSA) is 87.7 Å². The smallest absolute Gasteiger partial charge is 0.329 e. The molecule has 2 unspecified atom stereocenters. The first kappa shape index (κ1) is 15.1. The van der Waals surface area contributed by atoms with Crippen molar-refractivity contribution < 1.29 is 19.4 Å². The third kappa shape index (κ3) is 3.42. The van der Waals surface area contributed by atoms with Gasteiger partial charge in [-0.15, -0.1) is 0 Å². The number of aliphatic carboxylic acids is 1. The van der Waals surface area contributed by atoms with Crippen LogP contribution in [0.2, 0.25) is 0 Å². The summed E-state index contributed by atoms with van der Waals surface area (Å²) in [5.41, 5.74) is -1.10. The van der Waals surface area contributed by atoms with Crippen LogP contribution in [0.25, 0.3) is 0 Å². The Labute approximate surface area is 119 Å². The van der Waals surface area contributed by atoms with Gasteiger partial charge >= 0.3 is 12.0 Å². The van der Waals surface area contributed by atoms with Crippen molar-refractivity contribution in [3.05, 3.63) is 0 Å². The Morgan fingerprint density at radius 3 is 2.50 bits per heavy atom. The molecule has 0 radical (unpaired) electrons. The van der Waals surface area contributed by atoms with Crippen LogP contribution in [-0.4, -0.2) is 41.4 Å². The number of carboxylic acids is 1. The molecule has 6 heteroatoms. The molecule has 0 aromatic carbocycles. The molecular formula is C14H24N2O4. The van der Waals surface area contributed by atoms with Crippen molar-refractivity contribution in [2.75, 3.05) is 6.61 Å². The molecule has 0 aromatic rings. The summed E-state index contributed by atoms with van der Waals surface area (Å²) >= 11 is 0. The fourth-order valence-corrected chi connectivity index (χ4v) is 3.10. The first-order valence-corrected chi connectivity index (χ1v) is 7.47. The number of carbonyl (C=O) groups is 2. The van der Waals surface area contributed by atoms with Crippen molar-refractivity contribution in [3.63, 3.8) is 0 Å². The zero-order chi connectivity index (χ0) is 14.6. The maximum atomic E-state index is 12.0. The molecule has 20 heavy (non-hydrogen) atoms. The van der Waals surface area contributed by atoms with Crippen LogP contribution in [0.5, 0.6) is 0 Å². The number of amides is 2. The molecule has 2 amide bonds. The van der Waals surface area contributed by atoms with Crippen LogP contribution < -0.4 is 10.6 Å².